The number of hydrogen-bond acceptors (Lipinski definition) is 4. The largest absolute Gasteiger partial charge is 0.469 e. The van der Waals surface area contributed by atoms with Gasteiger partial charge in [0.05, 0.1) is 11.8 Å². The molecule has 1 aromatic heterocycles. The van der Waals surface area contributed by atoms with Crippen LogP contribution < -0.4 is 5.32 Å². The zero-order chi connectivity index (χ0) is 15.1. The van der Waals surface area contributed by atoms with Gasteiger partial charge in [0.2, 0.25) is 0 Å². The highest BCUT2D eigenvalue weighted by Gasteiger charge is 2.43. The molecule has 2 aliphatic heterocycles. The average molecular weight is 292 g/mol. The number of nitrogens with zero attached hydrogens (tertiary/aromatic N) is 1. The number of furan rings is 1. The first-order chi connectivity index (χ1) is 9.90. The predicted octanol–water partition coefficient (Wildman–Crippen LogP) is 2.65. The Hall–Kier alpha value is -1.49. The fraction of sp³-hybridized carbons (Fsp3) is 0.688. The molecule has 3 heterocycles. The summed E-state index contributed by atoms with van der Waals surface area (Å²) in [4.78, 5) is 14.2. The van der Waals surface area contributed by atoms with Gasteiger partial charge >= 0.3 is 6.09 Å². The first-order valence-corrected chi connectivity index (χ1v) is 7.69. The van der Waals surface area contributed by atoms with Crippen LogP contribution in [0.4, 0.5) is 4.79 Å². The number of nitrogens with one attached hydrogen (secondary N) is 1. The number of piperidine rings is 1. The fourth-order valence-corrected chi connectivity index (χ4v) is 3.37. The van der Waals surface area contributed by atoms with Crippen molar-refractivity contribution in [3.05, 3.63) is 23.7 Å². The van der Waals surface area contributed by atoms with Crippen molar-refractivity contribution in [2.75, 3.05) is 19.6 Å². The van der Waals surface area contributed by atoms with E-state index in [4.69, 9.17) is 9.15 Å². The zero-order valence-electron chi connectivity index (χ0n) is 13.1. The molecule has 5 nitrogen and oxygen atoms in total. The summed E-state index contributed by atoms with van der Waals surface area (Å²) in [5.74, 6) is 1.06. The second-order valence-electron chi connectivity index (χ2n) is 7.02. The van der Waals surface area contributed by atoms with Gasteiger partial charge in [-0.2, -0.15) is 0 Å². The number of fused-ring (bicyclic) bond motifs is 2. The highest BCUT2D eigenvalue weighted by molar-refractivity contribution is 5.68. The summed E-state index contributed by atoms with van der Waals surface area (Å²) in [6, 6.07) is 2.04. The second kappa shape index (κ2) is 5.05. The molecular weight excluding hydrogens is 268 g/mol. The molecule has 21 heavy (non-hydrogen) atoms. The molecule has 1 atom stereocenters. The van der Waals surface area contributed by atoms with Crippen LogP contribution >= 0.6 is 0 Å². The van der Waals surface area contributed by atoms with Crippen molar-refractivity contribution in [2.24, 2.45) is 0 Å². The zero-order valence-corrected chi connectivity index (χ0v) is 13.1. The summed E-state index contributed by atoms with van der Waals surface area (Å²) in [5, 5.41) is 3.62. The predicted molar refractivity (Wildman–Crippen MR) is 79.1 cm³/mol. The third kappa shape index (κ3) is 2.79. The van der Waals surface area contributed by atoms with Crippen LogP contribution in [0.2, 0.25) is 0 Å². The molecule has 1 amide bonds. The molecule has 0 aliphatic carbocycles. The molecule has 1 fully saturated rings. The minimum Gasteiger partial charge on any atom is -0.469 e. The quantitative estimate of drug-likeness (QED) is 0.798. The van der Waals surface area contributed by atoms with Gasteiger partial charge in [-0.1, -0.05) is 0 Å². The van der Waals surface area contributed by atoms with Crippen molar-refractivity contribution in [3.8, 4) is 0 Å². The van der Waals surface area contributed by atoms with Gasteiger partial charge in [0.25, 0.3) is 0 Å². The van der Waals surface area contributed by atoms with Gasteiger partial charge in [0.15, 0.2) is 0 Å². The van der Waals surface area contributed by atoms with E-state index in [1.54, 1.807) is 6.26 Å². The first kappa shape index (κ1) is 14.4. The molecule has 0 radical (unpaired) electrons. The molecule has 5 heteroatoms. The van der Waals surface area contributed by atoms with Crippen LogP contribution in [0.3, 0.4) is 0 Å². The van der Waals surface area contributed by atoms with Gasteiger partial charge in [-0.3, -0.25) is 0 Å². The van der Waals surface area contributed by atoms with E-state index >= 15 is 0 Å². The topological polar surface area (TPSA) is 54.7 Å². The Kier molecular flexibility index (Phi) is 3.48. The minimum atomic E-state index is -0.456. The Morgan fingerprint density at radius 1 is 1.48 bits per heavy atom. The Morgan fingerprint density at radius 3 is 3.05 bits per heavy atom. The maximum absolute atomic E-state index is 12.3. The van der Waals surface area contributed by atoms with E-state index in [-0.39, 0.29) is 11.6 Å². The van der Waals surface area contributed by atoms with E-state index in [1.807, 2.05) is 31.7 Å². The van der Waals surface area contributed by atoms with Crippen molar-refractivity contribution in [1.82, 2.24) is 10.2 Å². The number of rotatable bonds is 0. The summed E-state index contributed by atoms with van der Waals surface area (Å²) in [6.07, 6.45) is 4.44. The van der Waals surface area contributed by atoms with Gasteiger partial charge in [-0.25, -0.2) is 4.79 Å². The molecule has 116 valence electrons. The Balaban J connectivity index is 1.80. The van der Waals surface area contributed by atoms with E-state index < -0.39 is 5.60 Å². The highest BCUT2D eigenvalue weighted by Crippen LogP contribution is 2.37. The first-order valence-electron chi connectivity index (χ1n) is 7.69. The van der Waals surface area contributed by atoms with E-state index in [9.17, 15) is 4.79 Å². The minimum absolute atomic E-state index is 0.171. The monoisotopic (exact) mass is 292 g/mol. The van der Waals surface area contributed by atoms with Crippen molar-refractivity contribution >= 4 is 6.09 Å². The summed E-state index contributed by atoms with van der Waals surface area (Å²) in [7, 11) is 0. The van der Waals surface area contributed by atoms with Crippen LogP contribution in [0.5, 0.6) is 0 Å². The fourth-order valence-electron chi connectivity index (χ4n) is 3.37. The molecule has 1 N–H and O–H groups in total. The summed E-state index contributed by atoms with van der Waals surface area (Å²) in [5.41, 5.74) is 0.583. The normalized spacial score (nSPS) is 25.8. The van der Waals surface area contributed by atoms with Crippen LogP contribution in [0, 0.1) is 0 Å². The molecule has 3 rings (SSSR count). The van der Waals surface area contributed by atoms with Crippen LogP contribution in [0.1, 0.15) is 44.9 Å². The summed E-state index contributed by atoms with van der Waals surface area (Å²) < 4.78 is 11.1. The molecular formula is C16H24N2O3. The third-order valence-electron chi connectivity index (χ3n) is 4.22. The maximum Gasteiger partial charge on any atom is 0.410 e. The maximum atomic E-state index is 12.3. The van der Waals surface area contributed by atoms with Crippen molar-refractivity contribution in [2.45, 2.75) is 51.2 Å². The van der Waals surface area contributed by atoms with E-state index in [0.717, 1.165) is 38.1 Å². The Labute approximate surface area is 125 Å². The van der Waals surface area contributed by atoms with Gasteiger partial charge < -0.3 is 19.4 Å². The number of hydrogen-bond donors (Lipinski definition) is 1. The number of carbonyl (C=O) groups excluding carboxylic acids is 1. The average Bonchev–Trinajstić information content (AvgIpc) is 2.87. The molecule has 2 aliphatic rings. The van der Waals surface area contributed by atoms with Crippen LogP contribution in [0.25, 0.3) is 0 Å². The lowest BCUT2D eigenvalue weighted by atomic mass is 9.80. The number of carbonyl (C=O) groups is 1. The Bertz CT molecular complexity index is 532. The van der Waals surface area contributed by atoms with E-state index in [2.05, 4.69) is 5.32 Å². The summed E-state index contributed by atoms with van der Waals surface area (Å²) in [6.45, 7) is 8.00. The lowest BCUT2D eigenvalue weighted by molar-refractivity contribution is 0.00942. The number of likely N-dealkylation sites (tertiary alicyclic amines) is 1. The van der Waals surface area contributed by atoms with Crippen molar-refractivity contribution < 1.29 is 13.9 Å². The van der Waals surface area contributed by atoms with E-state index in [1.165, 1.54) is 5.56 Å². The standard InChI is InChI=1S/C16H24N2O3/c1-15(2,3)21-14(19)18-9-4-7-16(11-18)12-6-10-20-13(12)5-8-17-16/h6,10,17H,4-5,7-9,11H2,1-3H3. The van der Waals surface area contributed by atoms with Gasteiger partial charge in [-0.15, -0.1) is 0 Å². The van der Waals surface area contributed by atoms with E-state index in [0.29, 0.717) is 6.54 Å². The van der Waals surface area contributed by atoms with Crippen molar-refractivity contribution in [1.29, 1.82) is 0 Å². The molecule has 1 unspecified atom stereocenters. The molecule has 0 bridgehead atoms. The molecule has 1 aromatic rings. The van der Waals surface area contributed by atoms with Gasteiger partial charge in [0.1, 0.15) is 11.4 Å². The second-order valence-corrected chi connectivity index (χ2v) is 7.02. The summed E-state index contributed by atoms with van der Waals surface area (Å²) >= 11 is 0. The number of amides is 1. The lowest BCUT2D eigenvalue weighted by Crippen LogP contribution is -2.58. The molecule has 0 saturated carbocycles. The van der Waals surface area contributed by atoms with Gasteiger partial charge in [0, 0.05) is 31.6 Å². The smallest absolute Gasteiger partial charge is 0.410 e. The van der Waals surface area contributed by atoms with Crippen LogP contribution in [-0.2, 0) is 16.7 Å². The third-order valence-corrected chi connectivity index (χ3v) is 4.22. The SMILES string of the molecule is CC(C)(C)OC(=O)N1CCCC2(C1)NCCc1occc12. The molecule has 1 spiro atoms. The van der Waals surface area contributed by atoms with Crippen LogP contribution in [-0.4, -0.2) is 36.2 Å². The number of ether oxygens (including phenoxy) is 1. The Morgan fingerprint density at radius 2 is 2.29 bits per heavy atom. The molecule has 1 saturated heterocycles. The van der Waals surface area contributed by atoms with Crippen LogP contribution in [0.15, 0.2) is 16.7 Å². The highest BCUT2D eigenvalue weighted by atomic mass is 16.6. The van der Waals surface area contributed by atoms with Crippen molar-refractivity contribution in [3.63, 3.8) is 0 Å². The van der Waals surface area contributed by atoms with Gasteiger partial charge in [-0.05, 0) is 39.7 Å². The lowest BCUT2D eigenvalue weighted by Gasteiger charge is -2.45. The molecule has 0 aromatic carbocycles.